The summed E-state index contributed by atoms with van der Waals surface area (Å²) < 4.78 is 0. The normalized spacial score (nSPS) is 10.1. The Morgan fingerprint density at radius 1 is 1.31 bits per heavy atom. The number of aromatic hydroxyl groups is 1. The highest BCUT2D eigenvalue weighted by Crippen LogP contribution is 2.11. The maximum atomic E-state index is 11.5. The lowest BCUT2D eigenvalue weighted by molar-refractivity contribution is -0.130. The van der Waals surface area contributed by atoms with Crippen LogP contribution >= 0.6 is 0 Å². The van der Waals surface area contributed by atoms with Crippen LogP contribution in [0.4, 0.5) is 0 Å². The number of hydrogen-bond donors (Lipinski definition) is 2. The SMILES string of the molecule is CN(Cc1ccc(O)cc1)C(=O)CCCO. The second kappa shape index (κ2) is 6.12. The molecule has 0 aliphatic carbocycles. The fourth-order valence-corrected chi connectivity index (χ4v) is 1.38. The van der Waals surface area contributed by atoms with Crippen LogP contribution in [-0.2, 0) is 11.3 Å². The summed E-state index contributed by atoms with van der Waals surface area (Å²) >= 11 is 0. The van der Waals surface area contributed by atoms with Gasteiger partial charge in [-0.05, 0) is 24.1 Å². The zero-order valence-corrected chi connectivity index (χ0v) is 9.39. The molecule has 2 N–H and O–H groups in total. The maximum absolute atomic E-state index is 11.5. The molecule has 0 unspecified atom stereocenters. The number of benzene rings is 1. The molecular formula is C12H17NO3. The number of carbonyl (C=O) groups excluding carboxylic acids is 1. The third-order valence-corrected chi connectivity index (χ3v) is 2.33. The summed E-state index contributed by atoms with van der Waals surface area (Å²) in [6.07, 6.45) is 0.865. The summed E-state index contributed by atoms with van der Waals surface area (Å²) in [4.78, 5) is 13.2. The van der Waals surface area contributed by atoms with Crippen LogP contribution in [0.3, 0.4) is 0 Å². The van der Waals surface area contributed by atoms with Crippen molar-refractivity contribution < 1.29 is 15.0 Å². The van der Waals surface area contributed by atoms with Gasteiger partial charge in [0.25, 0.3) is 0 Å². The quantitative estimate of drug-likeness (QED) is 0.786. The van der Waals surface area contributed by atoms with E-state index in [-0.39, 0.29) is 18.3 Å². The van der Waals surface area contributed by atoms with Crippen molar-refractivity contribution >= 4 is 5.91 Å². The minimum Gasteiger partial charge on any atom is -0.508 e. The lowest BCUT2D eigenvalue weighted by atomic mass is 10.2. The first-order valence-electron chi connectivity index (χ1n) is 5.26. The van der Waals surface area contributed by atoms with Crippen LogP contribution < -0.4 is 0 Å². The lowest BCUT2D eigenvalue weighted by Crippen LogP contribution is -2.26. The van der Waals surface area contributed by atoms with Crippen molar-refractivity contribution in [3.05, 3.63) is 29.8 Å². The van der Waals surface area contributed by atoms with Crippen molar-refractivity contribution in [2.45, 2.75) is 19.4 Å². The zero-order valence-electron chi connectivity index (χ0n) is 9.39. The van der Waals surface area contributed by atoms with Gasteiger partial charge in [-0.2, -0.15) is 0 Å². The predicted octanol–water partition coefficient (Wildman–Crippen LogP) is 1.12. The van der Waals surface area contributed by atoms with Crippen LogP contribution in [0.5, 0.6) is 5.75 Å². The average Bonchev–Trinajstić information content (AvgIpc) is 2.29. The number of hydrogen-bond acceptors (Lipinski definition) is 3. The molecule has 0 aliphatic heterocycles. The van der Waals surface area contributed by atoms with Crippen LogP contribution in [0.25, 0.3) is 0 Å². The molecule has 0 saturated heterocycles. The van der Waals surface area contributed by atoms with E-state index in [0.717, 1.165) is 5.56 Å². The van der Waals surface area contributed by atoms with E-state index in [1.54, 1.807) is 36.2 Å². The van der Waals surface area contributed by atoms with Crippen molar-refractivity contribution in [2.24, 2.45) is 0 Å². The van der Waals surface area contributed by atoms with Crippen molar-refractivity contribution in [1.29, 1.82) is 0 Å². The topological polar surface area (TPSA) is 60.8 Å². The molecule has 16 heavy (non-hydrogen) atoms. The monoisotopic (exact) mass is 223 g/mol. The summed E-state index contributed by atoms with van der Waals surface area (Å²) in [5.74, 6) is 0.236. The van der Waals surface area contributed by atoms with Crippen LogP contribution in [0.1, 0.15) is 18.4 Å². The third kappa shape index (κ3) is 3.90. The Kier molecular flexibility index (Phi) is 4.79. The zero-order chi connectivity index (χ0) is 12.0. The molecule has 0 bridgehead atoms. The summed E-state index contributed by atoms with van der Waals surface area (Å²) in [5.41, 5.74) is 0.970. The third-order valence-electron chi connectivity index (χ3n) is 2.33. The number of phenols is 1. The predicted molar refractivity (Wildman–Crippen MR) is 60.9 cm³/mol. The van der Waals surface area contributed by atoms with Crippen LogP contribution in [0, 0.1) is 0 Å². The first-order chi connectivity index (χ1) is 7.63. The van der Waals surface area contributed by atoms with E-state index in [9.17, 15) is 4.79 Å². The van der Waals surface area contributed by atoms with E-state index in [1.807, 2.05) is 0 Å². The van der Waals surface area contributed by atoms with E-state index >= 15 is 0 Å². The average molecular weight is 223 g/mol. The molecule has 0 fully saturated rings. The number of carbonyl (C=O) groups is 1. The molecule has 88 valence electrons. The molecule has 4 nitrogen and oxygen atoms in total. The van der Waals surface area contributed by atoms with Crippen molar-refractivity contribution in [2.75, 3.05) is 13.7 Å². The summed E-state index contributed by atoms with van der Waals surface area (Å²) in [6, 6.07) is 6.76. The van der Waals surface area contributed by atoms with E-state index in [1.165, 1.54) is 0 Å². The number of aliphatic hydroxyl groups is 1. The fourth-order valence-electron chi connectivity index (χ4n) is 1.38. The highest BCUT2D eigenvalue weighted by Gasteiger charge is 2.08. The minimum absolute atomic E-state index is 0.0159. The Morgan fingerprint density at radius 3 is 2.50 bits per heavy atom. The first-order valence-corrected chi connectivity index (χ1v) is 5.26. The van der Waals surface area contributed by atoms with Crippen molar-refractivity contribution in [3.63, 3.8) is 0 Å². The molecule has 0 aromatic heterocycles. The van der Waals surface area contributed by atoms with Crippen LogP contribution in [-0.4, -0.2) is 34.7 Å². The lowest BCUT2D eigenvalue weighted by Gasteiger charge is -2.17. The number of nitrogens with zero attached hydrogens (tertiary/aromatic N) is 1. The Morgan fingerprint density at radius 2 is 1.94 bits per heavy atom. The van der Waals surface area contributed by atoms with E-state index in [0.29, 0.717) is 19.4 Å². The largest absolute Gasteiger partial charge is 0.508 e. The molecule has 0 saturated carbocycles. The van der Waals surface area contributed by atoms with E-state index in [2.05, 4.69) is 0 Å². The molecule has 1 aromatic rings. The summed E-state index contributed by atoms with van der Waals surface area (Å²) in [5, 5.41) is 17.7. The minimum atomic E-state index is 0.0159. The van der Waals surface area contributed by atoms with E-state index < -0.39 is 0 Å². The standard InChI is InChI=1S/C12H17NO3/c1-13(12(16)3-2-8-14)9-10-4-6-11(15)7-5-10/h4-7,14-15H,2-3,8-9H2,1H3. The summed E-state index contributed by atoms with van der Waals surface area (Å²) in [7, 11) is 1.73. The smallest absolute Gasteiger partial charge is 0.222 e. The number of amides is 1. The molecule has 0 radical (unpaired) electrons. The fraction of sp³-hybridized carbons (Fsp3) is 0.417. The van der Waals surface area contributed by atoms with Gasteiger partial charge >= 0.3 is 0 Å². The van der Waals surface area contributed by atoms with Crippen molar-refractivity contribution in [3.8, 4) is 5.75 Å². The van der Waals surface area contributed by atoms with Crippen LogP contribution in [0.2, 0.25) is 0 Å². The molecule has 0 atom stereocenters. The molecule has 4 heteroatoms. The van der Waals surface area contributed by atoms with Gasteiger partial charge in [-0.1, -0.05) is 12.1 Å². The highest BCUT2D eigenvalue weighted by molar-refractivity contribution is 5.75. The van der Waals surface area contributed by atoms with E-state index in [4.69, 9.17) is 10.2 Å². The first kappa shape index (κ1) is 12.5. The molecular weight excluding hydrogens is 206 g/mol. The second-order valence-electron chi connectivity index (χ2n) is 3.74. The number of rotatable bonds is 5. The van der Waals surface area contributed by atoms with Gasteiger partial charge in [0.05, 0.1) is 0 Å². The highest BCUT2D eigenvalue weighted by atomic mass is 16.3. The van der Waals surface area contributed by atoms with Gasteiger partial charge in [0.2, 0.25) is 5.91 Å². The Labute approximate surface area is 95.1 Å². The van der Waals surface area contributed by atoms with Gasteiger partial charge in [0.15, 0.2) is 0 Å². The van der Waals surface area contributed by atoms with Crippen LogP contribution in [0.15, 0.2) is 24.3 Å². The Balaban J connectivity index is 2.47. The van der Waals surface area contributed by atoms with Gasteiger partial charge in [0.1, 0.15) is 5.75 Å². The number of aliphatic hydroxyl groups excluding tert-OH is 1. The van der Waals surface area contributed by atoms with Crippen molar-refractivity contribution in [1.82, 2.24) is 4.90 Å². The number of phenolic OH excluding ortho intramolecular Hbond substituents is 1. The molecule has 1 aromatic carbocycles. The van der Waals surface area contributed by atoms with Gasteiger partial charge in [-0.3, -0.25) is 4.79 Å². The summed E-state index contributed by atoms with van der Waals surface area (Å²) in [6.45, 7) is 0.559. The Hall–Kier alpha value is -1.55. The Bertz CT molecular complexity index is 335. The molecule has 1 amide bonds. The maximum Gasteiger partial charge on any atom is 0.222 e. The molecule has 0 heterocycles. The molecule has 1 rings (SSSR count). The molecule has 0 spiro atoms. The van der Waals surface area contributed by atoms with Gasteiger partial charge in [0, 0.05) is 26.6 Å². The second-order valence-corrected chi connectivity index (χ2v) is 3.74. The van der Waals surface area contributed by atoms with Gasteiger partial charge in [-0.25, -0.2) is 0 Å². The van der Waals surface area contributed by atoms with Gasteiger partial charge in [-0.15, -0.1) is 0 Å². The molecule has 0 aliphatic rings. The van der Waals surface area contributed by atoms with Gasteiger partial charge < -0.3 is 15.1 Å².